The van der Waals surface area contributed by atoms with E-state index in [4.69, 9.17) is 4.74 Å². The molecule has 1 N–H and O–H groups in total. The fraction of sp³-hybridized carbons (Fsp3) is 0.0435. The molecule has 5 aromatic rings. The van der Waals surface area contributed by atoms with E-state index in [9.17, 15) is 0 Å². The number of hydrogen-bond donors (Lipinski definition) is 1. The minimum atomic E-state index is 0.888. The van der Waals surface area contributed by atoms with Crippen LogP contribution in [0.3, 0.4) is 0 Å². The van der Waals surface area contributed by atoms with Crippen molar-refractivity contribution in [3.63, 3.8) is 0 Å². The second-order valence-electron chi connectivity index (χ2n) is 6.38. The monoisotopic (exact) mass is 323 g/mol. The minimum Gasteiger partial charge on any atom is -0.456 e. The number of rotatable bonds is 2. The van der Waals surface area contributed by atoms with Crippen molar-refractivity contribution in [2.75, 3.05) is 0 Å². The lowest BCUT2D eigenvalue weighted by Gasteiger charge is -2.11. The maximum absolute atomic E-state index is 6.25. The van der Waals surface area contributed by atoms with Crippen molar-refractivity contribution in [2.45, 2.75) is 6.92 Å². The van der Waals surface area contributed by atoms with Crippen LogP contribution in [-0.4, -0.2) is 4.98 Å². The lowest BCUT2D eigenvalue weighted by molar-refractivity contribution is 0.484. The Morgan fingerprint density at radius 1 is 0.600 bits per heavy atom. The molecule has 0 saturated heterocycles. The second kappa shape index (κ2) is 5.38. The van der Waals surface area contributed by atoms with Gasteiger partial charge in [0.2, 0.25) is 0 Å². The van der Waals surface area contributed by atoms with Crippen molar-refractivity contribution >= 4 is 32.6 Å². The maximum atomic E-state index is 6.25. The smallest absolute Gasteiger partial charge is 0.135 e. The lowest BCUT2D eigenvalue weighted by atomic mass is 10.0. The number of para-hydroxylation sites is 2. The fourth-order valence-electron chi connectivity index (χ4n) is 3.56. The fourth-order valence-corrected chi connectivity index (χ4v) is 3.56. The van der Waals surface area contributed by atoms with Gasteiger partial charge in [0.05, 0.1) is 0 Å². The highest BCUT2D eigenvalue weighted by Gasteiger charge is 2.11. The average Bonchev–Trinajstić information content (AvgIpc) is 3.03. The highest BCUT2D eigenvalue weighted by atomic mass is 16.5. The number of H-pyrrole nitrogens is 1. The molecular weight excluding hydrogens is 306 g/mol. The third-order valence-electron chi connectivity index (χ3n) is 4.80. The van der Waals surface area contributed by atoms with Gasteiger partial charge < -0.3 is 9.72 Å². The number of fused-ring (bicyclic) bond motifs is 5. The maximum Gasteiger partial charge on any atom is 0.135 e. The zero-order valence-corrected chi connectivity index (χ0v) is 13.9. The standard InChI is InChI=1S/C23H17NO/c1-15-7-2-5-11-21(15)25-22-12-6-9-17-16(22)13-14-20-23(17)18-8-3-4-10-19(18)24-20/h2-14,24H,1H3. The summed E-state index contributed by atoms with van der Waals surface area (Å²) >= 11 is 0. The van der Waals surface area contributed by atoms with E-state index >= 15 is 0 Å². The number of benzene rings is 4. The molecule has 120 valence electrons. The molecule has 5 rings (SSSR count). The van der Waals surface area contributed by atoms with E-state index in [2.05, 4.69) is 66.5 Å². The van der Waals surface area contributed by atoms with Gasteiger partial charge in [-0.1, -0.05) is 48.5 Å². The molecule has 0 aliphatic heterocycles. The molecule has 0 atom stereocenters. The van der Waals surface area contributed by atoms with Crippen LogP contribution in [0.25, 0.3) is 32.6 Å². The van der Waals surface area contributed by atoms with Crippen LogP contribution in [0.4, 0.5) is 0 Å². The molecule has 0 aliphatic carbocycles. The van der Waals surface area contributed by atoms with Crippen LogP contribution in [0.1, 0.15) is 5.56 Å². The lowest BCUT2D eigenvalue weighted by Crippen LogP contribution is -1.88. The van der Waals surface area contributed by atoms with Gasteiger partial charge in [-0.2, -0.15) is 0 Å². The summed E-state index contributed by atoms with van der Waals surface area (Å²) in [6.45, 7) is 2.07. The minimum absolute atomic E-state index is 0.888. The molecule has 2 heteroatoms. The second-order valence-corrected chi connectivity index (χ2v) is 6.38. The van der Waals surface area contributed by atoms with Crippen molar-refractivity contribution < 1.29 is 4.74 Å². The van der Waals surface area contributed by atoms with Crippen LogP contribution < -0.4 is 4.74 Å². The van der Waals surface area contributed by atoms with E-state index in [1.165, 1.54) is 16.2 Å². The van der Waals surface area contributed by atoms with E-state index in [0.717, 1.165) is 33.5 Å². The van der Waals surface area contributed by atoms with E-state index in [1.807, 2.05) is 24.3 Å². The predicted molar refractivity (Wildman–Crippen MR) is 105 cm³/mol. The van der Waals surface area contributed by atoms with Crippen molar-refractivity contribution in [3.8, 4) is 11.5 Å². The normalized spacial score (nSPS) is 11.4. The van der Waals surface area contributed by atoms with Crippen LogP contribution in [-0.2, 0) is 0 Å². The molecular formula is C23H17NO. The van der Waals surface area contributed by atoms with E-state index in [0.29, 0.717) is 0 Å². The SMILES string of the molecule is Cc1ccccc1Oc1cccc2c1ccc1[nH]c3ccccc3c12. The molecule has 4 aromatic carbocycles. The van der Waals surface area contributed by atoms with E-state index in [1.54, 1.807) is 0 Å². The molecule has 0 unspecified atom stereocenters. The average molecular weight is 323 g/mol. The molecule has 25 heavy (non-hydrogen) atoms. The summed E-state index contributed by atoms with van der Waals surface area (Å²) < 4.78 is 6.25. The molecule has 2 nitrogen and oxygen atoms in total. The van der Waals surface area contributed by atoms with Gasteiger partial charge in [-0.15, -0.1) is 0 Å². The van der Waals surface area contributed by atoms with E-state index in [-0.39, 0.29) is 0 Å². The summed E-state index contributed by atoms with van der Waals surface area (Å²) in [6, 6.07) is 27.1. The Hall–Kier alpha value is -3.26. The molecule has 0 aliphatic rings. The van der Waals surface area contributed by atoms with Gasteiger partial charge in [0.15, 0.2) is 0 Å². The first-order valence-electron chi connectivity index (χ1n) is 8.47. The summed E-state index contributed by atoms with van der Waals surface area (Å²) in [4.78, 5) is 3.51. The Bertz CT molecular complexity index is 1230. The quantitative estimate of drug-likeness (QED) is 0.390. The van der Waals surface area contributed by atoms with Crippen LogP contribution >= 0.6 is 0 Å². The molecule has 0 bridgehead atoms. The third kappa shape index (κ3) is 2.18. The Balaban J connectivity index is 1.79. The van der Waals surface area contributed by atoms with Crippen LogP contribution in [0.2, 0.25) is 0 Å². The molecule has 0 radical (unpaired) electrons. The molecule has 1 heterocycles. The summed E-state index contributed by atoms with van der Waals surface area (Å²) in [5, 5.41) is 4.84. The van der Waals surface area contributed by atoms with Gasteiger partial charge >= 0.3 is 0 Å². The van der Waals surface area contributed by atoms with Gasteiger partial charge in [0.1, 0.15) is 11.5 Å². The predicted octanol–water partition coefficient (Wildman–Crippen LogP) is 6.58. The van der Waals surface area contributed by atoms with Crippen molar-refractivity contribution in [3.05, 3.63) is 84.4 Å². The summed E-state index contributed by atoms with van der Waals surface area (Å²) in [5.41, 5.74) is 3.45. The van der Waals surface area contributed by atoms with Gasteiger partial charge in [-0.05, 0) is 48.2 Å². The number of ether oxygens (including phenoxy) is 1. The van der Waals surface area contributed by atoms with Gasteiger partial charge in [-0.3, -0.25) is 0 Å². The number of aromatic amines is 1. The number of aromatic nitrogens is 1. The van der Waals surface area contributed by atoms with Gasteiger partial charge in [0.25, 0.3) is 0 Å². The van der Waals surface area contributed by atoms with Crippen LogP contribution in [0, 0.1) is 6.92 Å². The van der Waals surface area contributed by atoms with Crippen LogP contribution in [0.5, 0.6) is 11.5 Å². The van der Waals surface area contributed by atoms with Crippen molar-refractivity contribution in [2.24, 2.45) is 0 Å². The zero-order chi connectivity index (χ0) is 16.8. The number of hydrogen-bond acceptors (Lipinski definition) is 1. The Kier molecular flexibility index (Phi) is 3.04. The molecule has 0 amide bonds. The summed E-state index contributed by atoms with van der Waals surface area (Å²) in [6.07, 6.45) is 0. The Morgan fingerprint density at radius 2 is 1.36 bits per heavy atom. The topological polar surface area (TPSA) is 25.0 Å². The zero-order valence-electron chi connectivity index (χ0n) is 13.9. The molecule has 0 fully saturated rings. The summed E-state index contributed by atoms with van der Waals surface area (Å²) in [7, 11) is 0. The Labute approximate surface area is 145 Å². The molecule has 0 spiro atoms. The summed E-state index contributed by atoms with van der Waals surface area (Å²) in [5.74, 6) is 1.79. The Morgan fingerprint density at radius 3 is 2.28 bits per heavy atom. The number of nitrogens with one attached hydrogen (secondary N) is 1. The highest BCUT2D eigenvalue weighted by Crippen LogP contribution is 2.37. The largest absolute Gasteiger partial charge is 0.456 e. The van der Waals surface area contributed by atoms with Gasteiger partial charge in [-0.25, -0.2) is 0 Å². The van der Waals surface area contributed by atoms with Crippen LogP contribution in [0.15, 0.2) is 78.9 Å². The molecule has 1 aromatic heterocycles. The highest BCUT2D eigenvalue weighted by molar-refractivity contribution is 6.20. The first-order chi connectivity index (χ1) is 12.3. The first kappa shape index (κ1) is 14.1. The number of aryl methyl sites for hydroxylation is 1. The first-order valence-corrected chi connectivity index (χ1v) is 8.47. The van der Waals surface area contributed by atoms with E-state index < -0.39 is 0 Å². The van der Waals surface area contributed by atoms with Crippen molar-refractivity contribution in [1.82, 2.24) is 4.98 Å². The third-order valence-corrected chi connectivity index (χ3v) is 4.80. The molecule has 0 saturated carbocycles. The van der Waals surface area contributed by atoms with Gasteiger partial charge in [0, 0.05) is 27.2 Å². The van der Waals surface area contributed by atoms with Crippen molar-refractivity contribution in [1.29, 1.82) is 0 Å².